The summed E-state index contributed by atoms with van der Waals surface area (Å²) in [6.07, 6.45) is 4.37. The van der Waals surface area contributed by atoms with Crippen molar-refractivity contribution in [1.29, 1.82) is 0 Å². The molecule has 0 rings (SSSR count). The van der Waals surface area contributed by atoms with E-state index in [4.69, 9.17) is 0 Å². The van der Waals surface area contributed by atoms with E-state index >= 15 is 0 Å². The summed E-state index contributed by atoms with van der Waals surface area (Å²) >= 11 is 0. The molecule has 0 amide bonds. The number of aliphatic hydroxyl groups excluding tert-OH is 1. The molecule has 0 aliphatic rings. The van der Waals surface area contributed by atoms with Gasteiger partial charge in [-0.15, -0.1) is 0 Å². The molecule has 0 aromatic carbocycles. The van der Waals surface area contributed by atoms with Crippen molar-refractivity contribution in [3.8, 4) is 0 Å². The summed E-state index contributed by atoms with van der Waals surface area (Å²) in [5.74, 6) is 0. The van der Waals surface area contributed by atoms with Crippen molar-refractivity contribution in [2.24, 2.45) is 0 Å². The van der Waals surface area contributed by atoms with Crippen molar-refractivity contribution in [1.82, 2.24) is 0 Å². The van der Waals surface area contributed by atoms with Gasteiger partial charge in [-0.05, 0) is 46.6 Å². The third-order valence-electron chi connectivity index (χ3n) is 2.28. The van der Waals surface area contributed by atoms with Crippen LogP contribution in [0.3, 0.4) is 0 Å². The molecule has 16 heavy (non-hydrogen) atoms. The second-order valence-corrected chi connectivity index (χ2v) is 4.35. The van der Waals surface area contributed by atoms with Crippen LogP contribution in [0.15, 0.2) is 23.3 Å². The Hall–Kier alpha value is -1.16. The quantitative estimate of drug-likeness (QED) is 0.431. The van der Waals surface area contributed by atoms with Gasteiger partial charge in [0.15, 0.2) is 0 Å². The van der Waals surface area contributed by atoms with Crippen LogP contribution >= 0.6 is 0 Å². The Balaban J connectivity index is 4.38. The summed E-state index contributed by atoms with van der Waals surface area (Å²) in [4.78, 5) is 10.2. The number of allylic oxidation sites excluding steroid dienone is 3. The third-order valence-corrected chi connectivity index (χ3v) is 2.28. The number of nitrogens with zero attached hydrogens (tertiary/aromatic N) is 1. The van der Waals surface area contributed by atoms with Gasteiger partial charge in [-0.2, -0.15) is 0 Å². The van der Waals surface area contributed by atoms with Crippen LogP contribution in [0.25, 0.3) is 0 Å². The molecule has 0 aromatic rings. The fraction of sp³-hybridized carbons (Fsp3) is 0.667. The van der Waals surface area contributed by atoms with Crippen LogP contribution in [0, 0.1) is 10.1 Å². The van der Waals surface area contributed by atoms with E-state index in [0.29, 0.717) is 0 Å². The molecule has 0 aliphatic heterocycles. The van der Waals surface area contributed by atoms with Crippen molar-refractivity contribution in [2.75, 3.05) is 0 Å². The SMILES string of the molecule is CC(C)=CCC/C(C)=C/C(C(C)O)[N+](=O)[O-]. The smallest absolute Gasteiger partial charge is 0.256 e. The summed E-state index contributed by atoms with van der Waals surface area (Å²) < 4.78 is 0. The van der Waals surface area contributed by atoms with Crippen LogP contribution in [0.1, 0.15) is 40.5 Å². The highest BCUT2D eigenvalue weighted by atomic mass is 16.6. The van der Waals surface area contributed by atoms with E-state index in [1.165, 1.54) is 12.5 Å². The highest BCUT2D eigenvalue weighted by Gasteiger charge is 2.23. The number of hydrogen-bond donors (Lipinski definition) is 1. The van der Waals surface area contributed by atoms with Gasteiger partial charge >= 0.3 is 0 Å². The van der Waals surface area contributed by atoms with E-state index in [0.717, 1.165) is 18.4 Å². The van der Waals surface area contributed by atoms with Gasteiger partial charge in [-0.25, -0.2) is 0 Å². The molecule has 92 valence electrons. The lowest BCUT2D eigenvalue weighted by Crippen LogP contribution is -2.29. The van der Waals surface area contributed by atoms with E-state index in [1.54, 1.807) is 6.08 Å². The van der Waals surface area contributed by atoms with E-state index in [9.17, 15) is 15.2 Å². The van der Waals surface area contributed by atoms with Gasteiger partial charge in [0, 0.05) is 4.92 Å². The van der Waals surface area contributed by atoms with E-state index < -0.39 is 17.1 Å². The lowest BCUT2D eigenvalue weighted by atomic mass is 10.1. The molecule has 0 saturated heterocycles. The lowest BCUT2D eigenvalue weighted by molar-refractivity contribution is -0.520. The van der Waals surface area contributed by atoms with E-state index in [-0.39, 0.29) is 0 Å². The summed E-state index contributed by atoms with van der Waals surface area (Å²) in [6, 6.07) is -0.994. The first kappa shape index (κ1) is 14.8. The molecule has 0 fully saturated rings. The highest BCUT2D eigenvalue weighted by Crippen LogP contribution is 2.10. The summed E-state index contributed by atoms with van der Waals surface area (Å²) in [5, 5.41) is 19.9. The minimum absolute atomic E-state index is 0.449. The number of hydrogen-bond acceptors (Lipinski definition) is 3. The Labute approximate surface area is 96.8 Å². The lowest BCUT2D eigenvalue weighted by Gasteiger charge is -2.09. The minimum Gasteiger partial charge on any atom is -0.386 e. The molecule has 0 aliphatic carbocycles. The fourth-order valence-corrected chi connectivity index (χ4v) is 1.34. The molecular weight excluding hydrogens is 206 g/mol. The molecule has 2 unspecified atom stereocenters. The van der Waals surface area contributed by atoms with E-state index in [1.807, 2.05) is 20.8 Å². The van der Waals surface area contributed by atoms with Gasteiger partial charge < -0.3 is 5.11 Å². The maximum absolute atomic E-state index is 10.6. The Bertz CT molecular complexity index is 289. The van der Waals surface area contributed by atoms with Gasteiger partial charge in [0.2, 0.25) is 0 Å². The average molecular weight is 227 g/mol. The first-order chi connectivity index (χ1) is 7.34. The van der Waals surface area contributed by atoms with Crippen LogP contribution in [0.5, 0.6) is 0 Å². The molecule has 1 N–H and O–H groups in total. The van der Waals surface area contributed by atoms with Crippen LogP contribution in [0.2, 0.25) is 0 Å². The Morgan fingerprint density at radius 3 is 2.38 bits per heavy atom. The normalized spacial score (nSPS) is 15.4. The number of nitro groups is 1. The Morgan fingerprint density at radius 1 is 1.44 bits per heavy atom. The number of rotatable bonds is 6. The predicted octanol–water partition coefficient (Wildman–Crippen LogP) is 2.71. The molecule has 0 aromatic heterocycles. The zero-order chi connectivity index (χ0) is 12.7. The van der Waals surface area contributed by atoms with Gasteiger partial charge in [-0.1, -0.05) is 17.2 Å². The molecule has 4 heteroatoms. The molecule has 0 radical (unpaired) electrons. The maximum atomic E-state index is 10.6. The van der Waals surface area contributed by atoms with Crippen LogP contribution < -0.4 is 0 Å². The first-order valence-corrected chi connectivity index (χ1v) is 5.46. The standard InChI is InChI=1S/C12H21NO3/c1-9(2)6-5-7-10(3)8-12(11(4)14)13(15)16/h6,8,11-12,14H,5,7H2,1-4H3/b10-8+. The van der Waals surface area contributed by atoms with E-state index in [2.05, 4.69) is 6.08 Å². The molecule has 4 nitrogen and oxygen atoms in total. The Kier molecular flexibility index (Phi) is 6.65. The van der Waals surface area contributed by atoms with Crippen LogP contribution in [0.4, 0.5) is 0 Å². The van der Waals surface area contributed by atoms with Crippen molar-refractivity contribution in [3.05, 3.63) is 33.4 Å². The van der Waals surface area contributed by atoms with Gasteiger partial charge in [0.1, 0.15) is 6.10 Å². The highest BCUT2D eigenvalue weighted by molar-refractivity contribution is 5.05. The van der Waals surface area contributed by atoms with Gasteiger partial charge in [0.05, 0.1) is 0 Å². The summed E-state index contributed by atoms with van der Waals surface area (Å²) in [5.41, 5.74) is 2.19. The van der Waals surface area contributed by atoms with Crippen molar-refractivity contribution < 1.29 is 10.0 Å². The topological polar surface area (TPSA) is 63.4 Å². The molecule has 0 bridgehead atoms. The van der Waals surface area contributed by atoms with Crippen molar-refractivity contribution in [3.63, 3.8) is 0 Å². The van der Waals surface area contributed by atoms with Crippen molar-refractivity contribution >= 4 is 0 Å². The molecule has 0 heterocycles. The van der Waals surface area contributed by atoms with Crippen LogP contribution in [-0.2, 0) is 0 Å². The second-order valence-electron chi connectivity index (χ2n) is 4.35. The number of aliphatic hydroxyl groups is 1. The second kappa shape index (κ2) is 7.17. The fourth-order valence-electron chi connectivity index (χ4n) is 1.34. The minimum atomic E-state index is -0.994. The first-order valence-electron chi connectivity index (χ1n) is 5.46. The predicted molar refractivity (Wildman–Crippen MR) is 64.9 cm³/mol. The van der Waals surface area contributed by atoms with Gasteiger partial charge in [-0.3, -0.25) is 10.1 Å². The molecule has 0 saturated carbocycles. The van der Waals surface area contributed by atoms with Gasteiger partial charge in [0.25, 0.3) is 6.04 Å². The monoisotopic (exact) mass is 227 g/mol. The van der Waals surface area contributed by atoms with Crippen molar-refractivity contribution in [2.45, 2.75) is 52.7 Å². The largest absolute Gasteiger partial charge is 0.386 e. The average Bonchev–Trinajstić information content (AvgIpc) is 2.12. The molecule has 2 atom stereocenters. The summed E-state index contributed by atoms with van der Waals surface area (Å²) in [7, 11) is 0. The summed E-state index contributed by atoms with van der Waals surface area (Å²) in [6.45, 7) is 7.34. The molecule has 0 spiro atoms. The maximum Gasteiger partial charge on any atom is 0.256 e. The molecular formula is C12H21NO3. The van der Waals surface area contributed by atoms with Crippen LogP contribution in [-0.4, -0.2) is 22.2 Å². The third kappa shape index (κ3) is 6.35. The zero-order valence-corrected chi connectivity index (χ0v) is 10.4. The Morgan fingerprint density at radius 2 is 2.00 bits per heavy atom. The zero-order valence-electron chi connectivity index (χ0n) is 10.4.